The van der Waals surface area contributed by atoms with E-state index in [0.29, 0.717) is 0 Å². The molecule has 0 atom stereocenters. The summed E-state index contributed by atoms with van der Waals surface area (Å²) in [5, 5.41) is 6.00. The Morgan fingerprint density at radius 1 is 1.38 bits per heavy atom. The van der Waals surface area contributed by atoms with Gasteiger partial charge in [0.05, 0.1) is 0 Å². The monoisotopic (exact) mass is 114 g/mol. The fraction of sp³-hybridized carbons (Fsp3) is 0.800. The van der Waals surface area contributed by atoms with E-state index in [1.54, 1.807) is 0 Å². The highest BCUT2D eigenvalue weighted by Gasteiger charge is 1.88. The van der Waals surface area contributed by atoms with Crippen LogP contribution in [0.15, 0.2) is 4.99 Å². The lowest BCUT2D eigenvalue weighted by atomic mass is 10.2. The van der Waals surface area contributed by atoms with Crippen molar-refractivity contribution in [2.75, 3.05) is 6.54 Å². The molecule has 1 N–H and O–H groups in total. The van der Waals surface area contributed by atoms with Crippen molar-refractivity contribution in [3.8, 4) is 0 Å². The zero-order chi connectivity index (χ0) is 6.24. The molecule has 8 heavy (non-hydrogen) atoms. The van der Waals surface area contributed by atoms with Crippen molar-refractivity contribution in [1.82, 2.24) is 5.90 Å². The standard InChI is InChI=1S/C5H9N.HNO/c1-2-4-6-5-3-1;1-2/h4H,1-3,5H2;2H. The Hall–Kier alpha value is -0.410. The van der Waals surface area contributed by atoms with E-state index in [4.69, 9.17) is 11.1 Å². The molecule has 3 nitrogen and oxygen atoms in total. The van der Waals surface area contributed by atoms with Crippen LogP contribution in [0.5, 0.6) is 0 Å². The van der Waals surface area contributed by atoms with Gasteiger partial charge in [0.15, 0.2) is 0 Å². The zero-order valence-corrected chi connectivity index (χ0v) is 4.75. The van der Waals surface area contributed by atoms with Crippen LogP contribution in [0.1, 0.15) is 19.3 Å². The molecule has 2 radical (unpaired) electrons. The van der Waals surface area contributed by atoms with Crippen LogP contribution in [0.3, 0.4) is 0 Å². The van der Waals surface area contributed by atoms with Gasteiger partial charge in [-0.25, -0.2) is 0 Å². The summed E-state index contributed by atoms with van der Waals surface area (Å²) in [5.41, 5.74) is 0. The lowest BCUT2D eigenvalue weighted by molar-refractivity contribution is 0.283. The largest absolute Gasteiger partial charge is 0.298 e. The molecule has 3 heteroatoms. The minimum atomic E-state index is 1.07. The second-order valence-electron chi connectivity index (χ2n) is 1.58. The first kappa shape index (κ1) is 7.59. The average Bonchev–Trinajstić information content (AvgIpc) is 1.96. The summed E-state index contributed by atoms with van der Waals surface area (Å²) in [5.74, 6) is 6.00. The van der Waals surface area contributed by atoms with Crippen molar-refractivity contribution in [3.05, 3.63) is 0 Å². The van der Waals surface area contributed by atoms with Crippen LogP contribution in [0.4, 0.5) is 0 Å². The molecule has 1 aliphatic rings. The molecule has 1 aliphatic heterocycles. The van der Waals surface area contributed by atoms with Gasteiger partial charge in [-0.1, -0.05) is 0 Å². The van der Waals surface area contributed by atoms with Crippen molar-refractivity contribution < 1.29 is 5.21 Å². The van der Waals surface area contributed by atoms with E-state index < -0.39 is 0 Å². The SMILES string of the molecule is C1=NCCCC1.[N]O. The molecule has 1 rings (SSSR count). The number of hydrogen-bond acceptors (Lipinski definition) is 2. The van der Waals surface area contributed by atoms with Gasteiger partial charge in [0.1, 0.15) is 0 Å². The van der Waals surface area contributed by atoms with Gasteiger partial charge in [-0.2, -0.15) is 0 Å². The quantitative estimate of drug-likeness (QED) is 0.463. The van der Waals surface area contributed by atoms with E-state index in [0.717, 1.165) is 6.54 Å². The zero-order valence-electron chi connectivity index (χ0n) is 4.75. The predicted molar refractivity (Wildman–Crippen MR) is 31.1 cm³/mol. The molecular formula is C5H10N2O. The highest BCUT2D eigenvalue weighted by molar-refractivity contribution is 5.57. The summed E-state index contributed by atoms with van der Waals surface area (Å²) >= 11 is 0. The summed E-state index contributed by atoms with van der Waals surface area (Å²) in [7, 11) is 0. The van der Waals surface area contributed by atoms with E-state index in [-0.39, 0.29) is 0 Å². The number of aliphatic imine (C=N–C) groups is 1. The Bertz CT molecular complexity index is 55.4. The van der Waals surface area contributed by atoms with Crippen molar-refractivity contribution in [2.45, 2.75) is 19.3 Å². The van der Waals surface area contributed by atoms with E-state index in [2.05, 4.69) is 4.99 Å². The highest BCUT2D eigenvalue weighted by Crippen LogP contribution is 1.97. The summed E-state index contributed by atoms with van der Waals surface area (Å²) in [6.07, 6.45) is 5.88. The molecule has 0 spiro atoms. The van der Waals surface area contributed by atoms with Crippen molar-refractivity contribution in [2.24, 2.45) is 4.99 Å². The van der Waals surface area contributed by atoms with Crippen molar-refractivity contribution >= 4 is 6.21 Å². The maximum atomic E-state index is 6.00. The Kier molecular flexibility index (Phi) is 6.25. The summed E-state index contributed by atoms with van der Waals surface area (Å²) in [6.45, 7) is 1.07. The predicted octanol–water partition coefficient (Wildman–Crippen LogP) is 0.685. The molecule has 1 heterocycles. The van der Waals surface area contributed by atoms with Crippen LogP contribution < -0.4 is 5.90 Å². The van der Waals surface area contributed by atoms with Gasteiger partial charge in [-0.15, -0.1) is 0 Å². The third kappa shape index (κ3) is 3.77. The molecule has 46 valence electrons. The fourth-order valence-corrected chi connectivity index (χ4v) is 0.621. The minimum Gasteiger partial charge on any atom is -0.298 e. The van der Waals surface area contributed by atoms with Gasteiger partial charge in [0.2, 0.25) is 0 Å². The molecular weight excluding hydrogens is 104 g/mol. The Morgan fingerprint density at radius 2 is 2.12 bits per heavy atom. The van der Waals surface area contributed by atoms with Gasteiger partial charge < -0.3 is 0 Å². The number of rotatable bonds is 0. The maximum absolute atomic E-state index is 6.00. The number of nitrogens with zero attached hydrogens (tertiary/aromatic N) is 2. The molecule has 0 unspecified atom stereocenters. The van der Waals surface area contributed by atoms with Gasteiger partial charge in [0, 0.05) is 12.4 Å². The molecule has 0 aromatic carbocycles. The first-order valence-electron chi connectivity index (χ1n) is 2.68. The molecule has 0 saturated heterocycles. The Balaban J connectivity index is 0.000000222. The molecule has 0 fully saturated rings. The van der Waals surface area contributed by atoms with E-state index in [1.165, 1.54) is 19.3 Å². The lowest BCUT2D eigenvalue weighted by Crippen LogP contribution is -1.89. The van der Waals surface area contributed by atoms with Crippen molar-refractivity contribution in [1.29, 1.82) is 0 Å². The molecule has 0 saturated carbocycles. The molecule has 0 bridgehead atoms. The van der Waals surface area contributed by atoms with Gasteiger partial charge in [-0.05, 0) is 25.5 Å². The molecule has 0 aromatic rings. The van der Waals surface area contributed by atoms with Crippen LogP contribution in [0.2, 0.25) is 0 Å². The maximum Gasteiger partial charge on any atom is 0.0385 e. The Labute approximate surface area is 49.2 Å². The van der Waals surface area contributed by atoms with Crippen LogP contribution in [-0.2, 0) is 0 Å². The Morgan fingerprint density at radius 3 is 2.25 bits per heavy atom. The van der Waals surface area contributed by atoms with Crippen LogP contribution in [0, 0.1) is 0 Å². The normalized spacial score (nSPS) is 16.8. The summed E-state index contributed by atoms with van der Waals surface area (Å²) < 4.78 is 0. The highest BCUT2D eigenvalue weighted by atomic mass is 16.4. The van der Waals surface area contributed by atoms with Crippen LogP contribution in [0.25, 0.3) is 0 Å². The third-order valence-corrected chi connectivity index (χ3v) is 1.000. The van der Waals surface area contributed by atoms with E-state index in [9.17, 15) is 0 Å². The third-order valence-electron chi connectivity index (χ3n) is 1.000. The van der Waals surface area contributed by atoms with Gasteiger partial charge >= 0.3 is 0 Å². The van der Waals surface area contributed by atoms with Gasteiger partial charge in [-0.3, -0.25) is 10.2 Å². The molecule has 0 aliphatic carbocycles. The minimum absolute atomic E-state index is 1.07. The second kappa shape index (κ2) is 6.59. The molecule has 0 aromatic heterocycles. The number of hydrogen-bond donors (Lipinski definition) is 1. The molecule has 0 amide bonds. The first-order valence-corrected chi connectivity index (χ1v) is 2.68. The summed E-state index contributed by atoms with van der Waals surface area (Å²) in [6, 6.07) is 0. The van der Waals surface area contributed by atoms with Crippen LogP contribution >= 0.6 is 0 Å². The van der Waals surface area contributed by atoms with Crippen molar-refractivity contribution in [3.63, 3.8) is 0 Å². The topological polar surface area (TPSA) is 54.9 Å². The summed E-state index contributed by atoms with van der Waals surface area (Å²) in [4.78, 5) is 4.05. The fourth-order valence-electron chi connectivity index (χ4n) is 0.621. The second-order valence-corrected chi connectivity index (χ2v) is 1.58. The lowest BCUT2D eigenvalue weighted by Gasteiger charge is -1.97. The average molecular weight is 114 g/mol. The van der Waals surface area contributed by atoms with E-state index >= 15 is 0 Å². The first-order chi connectivity index (χ1) is 4.00. The van der Waals surface area contributed by atoms with Gasteiger partial charge in [0.25, 0.3) is 0 Å². The van der Waals surface area contributed by atoms with Crippen LogP contribution in [-0.4, -0.2) is 18.0 Å². The van der Waals surface area contributed by atoms with E-state index in [1.807, 2.05) is 6.21 Å². The smallest absolute Gasteiger partial charge is 0.0385 e.